The molecular formula is C29H37N5O2S. The van der Waals surface area contributed by atoms with Crippen LogP contribution >= 0.6 is 11.3 Å². The van der Waals surface area contributed by atoms with Crippen molar-refractivity contribution in [1.82, 2.24) is 25.1 Å². The molecule has 0 spiro atoms. The number of H-pyrrole nitrogens is 2. The normalized spacial score (nSPS) is 13.9. The van der Waals surface area contributed by atoms with E-state index in [-0.39, 0.29) is 5.41 Å². The van der Waals surface area contributed by atoms with Crippen molar-refractivity contribution < 1.29 is 9.52 Å². The number of rotatable bonds is 7. The van der Waals surface area contributed by atoms with Gasteiger partial charge in [-0.05, 0) is 62.6 Å². The molecule has 3 N–H and O–H groups in total. The smallest absolute Gasteiger partial charge is 0.191 e. The average Bonchev–Trinajstić information content (AvgIpc) is 3.53. The zero-order valence-electron chi connectivity index (χ0n) is 23.0. The molecule has 0 aliphatic heterocycles. The number of fused-ring (bicyclic) bond motifs is 2. The first kappa shape index (κ1) is 25.7. The van der Waals surface area contributed by atoms with Crippen LogP contribution < -0.4 is 0 Å². The SMILES string of the molecule is Cc1ncc(-c2cc3[nH]nc(-c4cc5c(CC(C)(C)O)cc(CN(C)C(C)C(C)(C)C)cc5[nH]4)c3s2)o1. The Morgan fingerprint density at radius 3 is 2.51 bits per heavy atom. The molecule has 0 aliphatic rings. The summed E-state index contributed by atoms with van der Waals surface area (Å²) >= 11 is 1.64. The number of hydrogen-bond acceptors (Lipinski definition) is 6. The van der Waals surface area contributed by atoms with Crippen molar-refractivity contribution in [2.24, 2.45) is 5.41 Å². The molecule has 0 amide bonds. The lowest BCUT2D eigenvalue weighted by Gasteiger charge is -2.35. The van der Waals surface area contributed by atoms with Crippen molar-refractivity contribution in [3.05, 3.63) is 47.5 Å². The highest BCUT2D eigenvalue weighted by molar-refractivity contribution is 7.22. The lowest BCUT2D eigenvalue weighted by molar-refractivity contribution is 0.0813. The highest BCUT2D eigenvalue weighted by Gasteiger charge is 2.25. The minimum absolute atomic E-state index is 0.184. The zero-order chi connectivity index (χ0) is 26.7. The van der Waals surface area contributed by atoms with Gasteiger partial charge < -0.3 is 14.5 Å². The Balaban J connectivity index is 1.56. The van der Waals surface area contributed by atoms with Crippen LogP contribution in [0.15, 0.2) is 34.9 Å². The van der Waals surface area contributed by atoms with Crippen molar-refractivity contribution >= 4 is 32.5 Å². The molecule has 37 heavy (non-hydrogen) atoms. The lowest BCUT2D eigenvalue weighted by atomic mass is 9.87. The van der Waals surface area contributed by atoms with Gasteiger partial charge in [-0.2, -0.15) is 5.10 Å². The van der Waals surface area contributed by atoms with Crippen LogP contribution in [0.4, 0.5) is 0 Å². The van der Waals surface area contributed by atoms with Gasteiger partial charge in [0, 0.05) is 36.8 Å². The first-order chi connectivity index (χ1) is 17.3. The Bertz CT molecular complexity index is 1560. The molecule has 1 aromatic carbocycles. The number of aliphatic hydroxyl groups is 1. The third-order valence-corrected chi connectivity index (χ3v) is 8.36. The maximum atomic E-state index is 10.7. The molecule has 0 bridgehead atoms. The third-order valence-electron chi connectivity index (χ3n) is 7.21. The fourth-order valence-corrected chi connectivity index (χ4v) is 5.95. The number of nitrogens with one attached hydrogen (secondary N) is 2. The molecule has 1 atom stereocenters. The second-order valence-electron chi connectivity index (χ2n) is 12.0. The predicted molar refractivity (Wildman–Crippen MR) is 152 cm³/mol. The van der Waals surface area contributed by atoms with E-state index in [1.54, 1.807) is 17.5 Å². The Kier molecular flexibility index (Phi) is 6.33. The number of thiophene rings is 1. The van der Waals surface area contributed by atoms with E-state index in [1.807, 2.05) is 20.8 Å². The number of aromatic amines is 2. The number of oxazole rings is 1. The summed E-state index contributed by atoms with van der Waals surface area (Å²) in [6, 6.07) is 9.12. The molecule has 0 saturated heterocycles. The average molecular weight is 520 g/mol. The summed E-state index contributed by atoms with van der Waals surface area (Å²) in [5, 5.41) is 19.6. The van der Waals surface area contributed by atoms with Crippen molar-refractivity contribution in [1.29, 1.82) is 0 Å². The molecule has 1 unspecified atom stereocenters. The Morgan fingerprint density at radius 2 is 1.86 bits per heavy atom. The summed E-state index contributed by atoms with van der Waals surface area (Å²) in [5.41, 5.74) is 5.59. The Labute approximate surface area is 221 Å². The van der Waals surface area contributed by atoms with Crippen molar-refractivity contribution in [3.63, 3.8) is 0 Å². The van der Waals surface area contributed by atoms with Gasteiger partial charge in [0.2, 0.25) is 0 Å². The summed E-state index contributed by atoms with van der Waals surface area (Å²) in [4.78, 5) is 11.3. The van der Waals surface area contributed by atoms with E-state index in [1.165, 1.54) is 5.56 Å². The number of benzene rings is 1. The Hall–Kier alpha value is -2.94. The largest absolute Gasteiger partial charge is 0.440 e. The molecule has 8 heteroatoms. The molecule has 196 valence electrons. The van der Waals surface area contributed by atoms with Gasteiger partial charge in [-0.1, -0.05) is 26.8 Å². The summed E-state index contributed by atoms with van der Waals surface area (Å²) in [6.07, 6.45) is 2.33. The molecule has 4 aromatic heterocycles. The van der Waals surface area contributed by atoms with Crippen LogP contribution in [0.2, 0.25) is 0 Å². The molecule has 7 nitrogen and oxygen atoms in total. The standard InChI is InChI=1S/C29H37N5O2S/c1-16(28(3,4)5)34(8)15-18-9-19(13-29(6,7)35)20-11-22(31-21(20)10-18)26-27-23(32-33-26)12-25(37-27)24-14-30-17(2)36-24/h9-12,14,16,31,35H,13,15H2,1-8H3,(H,32,33). The first-order valence-electron chi connectivity index (χ1n) is 12.8. The highest BCUT2D eigenvalue weighted by Crippen LogP contribution is 2.39. The van der Waals surface area contributed by atoms with Gasteiger partial charge in [0.05, 0.1) is 32.6 Å². The van der Waals surface area contributed by atoms with Crippen LogP contribution in [0.5, 0.6) is 0 Å². The van der Waals surface area contributed by atoms with Crippen LogP contribution in [0.1, 0.15) is 58.6 Å². The molecule has 0 aliphatic carbocycles. The maximum Gasteiger partial charge on any atom is 0.191 e. The van der Waals surface area contributed by atoms with E-state index in [4.69, 9.17) is 4.42 Å². The maximum absolute atomic E-state index is 10.7. The van der Waals surface area contributed by atoms with Crippen molar-refractivity contribution in [2.45, 2.75) is 73.1 Å². The minimum Gasteiger partial charge on any atom is -0.440 e. The summed E-state index contributed by atoms with van der Waals surface area (Å²) in [6.45, 7) is 15.5. The number of hydrogen-bond donors (Lipinski definition) is 3. The van der Waals surface area contributed by atoms with Crippen molar-refractivity contribution in [3.8, 4) is 22.0 Å². The van der Waals surface area contributed by atoms with E-state index < -0.39 is 5.60 Å². The summed E-state index contributed by atoms with van der Waals surface area (Å²) in [7, 11) is 2.18. The van der Waals surface area contributed by atoms with Gasteiger partial charge in [0.15, 0.2) is 11.7 Å². The molecule has 4 heterocycles. The first-order valence-corrected chi connectivity index (χ1v) is 13.6. The second-order valence-corrected chi connectivity index (χ2v) is 13.1. The molecule has 0 fully saturated rings. The van der Waals surface area contributed by atoms with Crippen LogP contribution in [-0.2, 0) is 13.0 Å². The fourth-order valence-electron chi connectivity index (χ4n) is 4.89. The molecule has 5 rings (SSSR count). The van der Waals surface area contributed by atoms with E-state index in [9.17, 15) is 5.11 Å². The monoisotopic (exact) mass is 519 g/mol. The summed E-state index contributed by atoms with van der Waals surface area (Å²) < 4.78 is 6.80. The van der Waals surface area contributed by atoms with E-state index in [0.29, 0.717) is 18.4 Å². The number of nitrogens with zero attached hydrogens (tertiary/aromatic N) is 3. The molecule has 0 saturated carbocycles. The van der Waals surface area contributed by atoms with Gasteiger partial charge in [0.1, 0.15) is 5.69 Å². The van der Waals surface area contributed by atoms with Crippen molar-refractivity contribution in [2.75, 3.05) is 7.05 Å². The minimum atomic E-state index is -0.814. The highest BCUT2D eigenvalue weighted by atomic mass is 32.1. The van der Waals surface area contributed by atoms with Gasteiger partial charge >= 0.3 is 0 Å². The van der Waals surface area contributed by atoms with Gasteiger partial charge in [-0.25, -0.2) is 4.98 Å². The molecular weight excluding hydrogens is 482 g/mol. The van der Waals surface area contributed by atoms with Crippen LogP contribution in [0.25, 0.3) is 43.1 Å². The van der Waals surface area contributed by atoms with E-state index >= 15 is 0 Å². The quantitative estimate of drug-likeness (QED) is 0.217. The van der Waals surface area contributed by atoms with Crippen LogP contribution in [0, 0.1) is 12.3 Å². The summed E-state index contributed by atoms with van der Waals surface area (Å²) in [5.74, 6) is 1.42. The van der Waals surface area contributed by atoms with E-state index in [2.05, 4.69) is 84.1 Å². The molecule has 5 aromatic rings. The lowest BCUT2D eigenvalue weighted by Crippen LogP contribution is -2.38. The number of aryl methyl sites for hydroxylation is 1. The zero-order valence-corrected chi connectivity index (χ0v) is 23.8. The third kappa shape index (κ3) is 5.23. The van der Waals surface area contributed by atoms with E-state index in [0.717, 1.165) is 55.3 Å². The van der Waals surface area contributed by atoms with Gasteiger partial charge in [-0.15, -0.1) is 11.3 Å². The van der Waals surface area contributed by atoms with Crippen LogP contribution in [-0.4, -0.2) is 48.9 Å². The predicted octanol–water partition coefficient (Wildman–Crippen LogP) is 6.92. The van der Waals surface area contributed by atoms with Gasteiger partial charge in [0.25, 0.3) is 0 Å². The topological polar surface area (TPSA) is 94.0 Å². The fraction of sp³-hybridized carbons (Fsp3) is 0.448. The van der Waals surface area contributed by atoms with Gasteiger partial charge in [-0.3, -0.25) is 10.00 Å². The second kappa shape index (κ2) is 9.11. The Morgan fingerprint density at radius 1 is 1.11 bits per heavy atom. The number of aromatic nitrogens is 4. The van der Waals surface area contributed by atoms with Crippen LogP contribution in [0.3, 0.4) is 0 Å². The molecule has 0 radical (unpaired) electrons.